The Hall–Kier alpha value is -0.430. The first-order valence-electron chi connectivity index (χ1n) is 7.17. The van der Waals surface area contributed by atoms with Crippen LogP contribution in [-0.4, -0.2) is 11.4 Å². The molecule has 0 saturated heterocycles. The number of halogens is 1. The number of allylic oxidation sites excluding steroid dienone is 2. The summed E-state index contributed by atoms with van der Waals surface area (Å²) in [6.45, 7) is 12.9. The van der Waals surface area contributed by atoms with Crippen molar-refractivity contribution in [2.75, 3.05) is 6.54 Å². The van der Waals surface area contributed by atoms with Crippen molar-refractivity contribution >= 4 is 11.6 Å². The molecule has 0 unspecified atom stereocenters. The normalized spacial score (nSPS) is 11.3. The Balaban J connectivity index is 3.30. The predicted octanol–water partition coefficient (Wildman–Crippen LogP) is 5.41. The summed E-state index contributed by atoms with van der Waals surface area (Å²) in [5.74, 6) is 0. The van der Waals surface area contributed by atoms with Crippen molar-refractivity contribution in [3.63, 3.8) is 0 Å². The molecular formula is C16H30ClN. The van der Waals surface area contributed by atoms with Gasteiger partial charge in [-0.15, -0.1) is 18.2 Å². The lowest BCUT2D eigenvalue weighted by Gasteiger charge is -2.16. The maximum absolute atomic E-state index is 6.14. The Morgan fingerprint density at radius 2 is 1.83 bits per heavy atom. The van der Waals surface area contributed by atoms with Gasteiger partial charge in [-0.05, 0) is 52.4 Å². The largest absolute Gasteiger partial charge is 0.389 e. The Morgan fingerprint density at radius 1 is 1.17 bits per heavy atom. The van der Waals surface area contributed by atoms with Crippen LogP contribution in [0.2, 0.25) is 0 Å². The summed E-state index contributed by atoms with van der Waals surface area (Å²) < 4.78 is 0. The SMILES string of the molecule is C=CCCCCCCC(=C)NCCCC(C)(C)Cl. The zero-order valence-electron chi connectivity index (χ0n) is 12.2. The summed E-state index contributed by atoms with van der Waals surface area (Å²) in [6.07, 6.45) is 11.5. The molecule has 106 valence electrons. The highest BCUT2D eigenvalue weighted by Gasteiger charge is 2.11. The molecule has 18 heavy (non-hydrogen) atoms. The van der Waals surface area contributed by atoms with Crippen LogP contribution in [0, 0.1) is 0 Å². The second-order valence-corrected chi connectivity index (χ2v) is 6.62. The minimum absolute atomic E-state index is 0.0752. The zero-order valence-corrected chi connectivity index (χ0v) is 13.0. The predicted molar refractivity (Wildman–Crippen MR) is 84.2 cm³/mol. The summed E-state index contributed by atoms with van der Waals surface area (Å²) >= 11 is 6.14. The molecule has 0 atom stereocenters. The number of hydrogen-bond donors (Lipinski definition) is 1. The number of rotatable bonds is 12. The van der Waals surface area contributed by atoms with Crippen LogP contribution in [0.15, 0.2) is 24.9 Å². The van der Waals surface area contributed by atoms with Gasteiger partial charge in [0.05, 0.1) is 0 Å². The van der Waals surface area contributed by atoms with Gasteiger partial charge in [0.1, 0.15) is 0 Å². The standard InChI is InChI=1S/C16H30ClN/c1-5-6-7-8-9-10-12-15(2)18-14-11-13-16(3,4)17/h5,18H,1-2,6-14H2,3-4H3. The molecule has 0 aromatic rings. The van der Waals surface area contributed by atoms with Gasteiger partial charge in [-0.1, -0.05) is 25.5 Å². The molecule has 0 aromatic carbocycles. The van der Waals surface area contributed by atoms with E-state index in [2.05, 4.69) is 32.3 Å². The molecule has 0 radical (unpaired) electrons. The first-order chi connectivity index (χ1) is 8.45. The number of nitrogens with one attached hydrogen (secondary N) is 1. The fourth-order valence-corrected chi connectivity index (χ4v) is 1.98. The van der Waals surface area contributed by atoms with E-state index in [-0.39, 0.29) is 4.87 Å². The van der Waals surface area contributed by atoms with Crippen molar-refractivity contribution < 1.29 is 0 Å². The molecule has 0 aliphatic carbocycles. The maximum atomic E-state index is 6.14. The molecule has 0 heterocycles. The molecule has 0 saturated carbocycles. The van der Waals surface area contributed by atoms with Gasteiger partial charge < -0.3 is 5.32 Å². The van der Waals surface area contributed by atoms with Crippen molar-refractivity contribution in [1.82, 2.24) is 5.32 Å². The summed E-state index contributed by atoms with van der Waals surface area (Å²) in [5.41, 5.74) is 1.17. The van der Waals surface area contributed by atoms with Gasteiger partial charge in [-0.2, -0.15) is 0 Å². The third-order valence-electron chi connectivity index (χ3n) is 2.96. The third-order valence-corrected chi connectivity index (χ3v) is 3.15. The van der Waals surface area contributed by atoms with Crippen molar-refractivity contribution in [2.24, 2.45) is 0 Å². The molecule has 1 N–H and O–H groups in total. The summed E-state index contributed by atoms with van der Waals surface area (Å²) in [7, 11) is 0. The van der Waals surface area contributed by atoms with E-state index < -0.39 is 0 Å². The van der Waals surface area contributed by atoms with Crippen LogP contribution < -0.4 is 5.32 Å². The molecule has 0 aliphatic rings. The smallest absolute Gasteiger partial charge is 0.0391 e. The van der Waals surface area contributed by atoms with Crippen LogP contribution in [0.25, 0.3) is 0 Å². The minimum atomic E-state index is -0.0752. The van der Waals surface area contributed by atoms with Crippen LogP contribution in [0.1, 0.15) is 65.2 Å². The molecule has 0 aromatic heterocycles. The van der Waals surface area contributed by atoms with Crippen molar-refractivity contribution in [3.05, 3.63) is 24.9 Å². The Kier molecular flexibility index (Phi) is 10.2. The van der Waals surface area contributed by atoms with Gasteiger partial charge in [-0.3, -0.25) is 0 Å². The van der Waals surface area contributed by atoms with Crippen LogP contribution in [-0.2, 0) is 0 Å². The lowest BCUT2D eigenvalue weighted by molar-refractivity contribution is 0.563. The van der Waals surface area contributed by atoms with Crippen molar-refractivity contribution in [2.45, 2.75) is 70.1 Å². The Labute approximate surface area is 119 Å². The lowest BCUT2D eigenvalue weighted by Crippen LogP contribution is -2.18. The van der Waals surface area contributed by atoms with Gasteiger partial charge in [0.25, 0.3) is 0 Å². The van der Waals surface area contributed by atoms with Gasteiger partial charge in [0.2, 0.25) is 0 Å². The average molecular weight is 272 g/mol. The van der Waals surface area contributed by atoms with E-state index in [1.54, 1.807) is 0 Å². The van der Waals surface area contributed by atoms with E-state index in [0.29, 0.717) is 0 Å². The van der Waals surface area contributed by atoms with Crippen LogP contribution >= 0.6 is 11.6 Å². The molecule has 1 nitrogen and oxygen atoms in total. The molecule has 0 amide bonds. The van der Waals surface area contributed by atoms with Crippen LogP contribution in [0.4, 0.5) is 0 Å². The number of unbranched alkanes of at least 4 members (excludes halogenated alkanes) is 4. The molecule has 0 spiro atoms. The van der Waals surface area contributed by atoms with Crippen LogP contribution in [0.3, 0.4) is 0 Å². The molecule has 2 heteroatoms. The molecule has 0 rings (SSSR count). The molecule has 0 aliphatic heterocycles. The van der Waals surface area contributed by atoms with Gasteiger partial charge in [0, 0.05) is 17.1 Å². The van der Waals surface area contributed by atoms with Gasteiger partial charge in [-0.25, -0.2) is 0 Å². The van der Waals surface area contributed by atoms with Gasteiger partial charge >= 0.3 is 0 Å². The first kappa shape index (κ1) is 17.6. The highest BCUT2D eigenvalue weighted by atomic mass is 35.5. The Morgan fingerprint density at radius 3 is 2.44 bits per heavy atom. The van der Waals surface area contributed by atoms with E-state index in [4.69, 9.17) is 11.6 Å². The second kappa shape index (κ2) is 10.5. The van der Waals surface area contributed by atoms with E-state index in [1.807, 2.05) is 6.08 Å². The van der Waals surface area contributed by atoms with E-state index in [1.165, 1.54) is 31.4 Å². The summed E-state index contributed by atoms with van der Waals surface area (Å²) in [5, 5.41) is 3.39. The Bertz CT molecular complexity index is 228. The van der Waals surface area contributed by atoms with Crippen LogP contribution in [0.5, 0.6) is 0 Å². The van der Waals surface area contributed by atoms with Gasteiger partial charge in [0.15, 0.2) is 0 Å². The number of alkyl halides is 1. The fraction of sp³-hybridized carbons (Fsp3) is 0.750. The third kappa shape index (κ3) is 13.6. The summed E-state index contributed by atoms with van der Waals surface area (Å²) in [4.78, 5) is -0.0752. The average Bonchev–Trinajstić information content (AvgIpc) is 2.28. The lowest BCUT2D eigenvalue weighted by atomic mass is 10.1. The quantitative estimate of drug-likeness (QED) is 0.284. The number of hydrogen-bond acceptors (Lipinski definition) is 1. The molecule has 0 bridgehead atoms. The second-order valence-electron chi connectivity index (χ2n) is 5.59. The maximum Gasteiger partial charge on any atom is 0.0391 e. The minimum Gasteiger partial charge on any atom is -0.389 e. The topological polar surface area (TPSA) is 12.0 Å². The van der Waals surface area contributed by atoms with E-state index in [9.17, 15) is 0 Å². The van der Waals surface area contributed by atoms with E-state index in [0.717, 1.165) is 32.2 Å². The first-order valence-corrected chi connectivity index (χ1v) is 7.55. The molecular weight excluding hydrogens is 242 g/mol. The monoisotopic (exact) mass is 271 g/mol. The molecule has 0 fully saturated rings. The zero-order chi connectivity index (χ0) is 13.9. The fourth-order valence-electron chi connectivity index (χ4n) is 1.84. The van der Waals surface area contributed by atoms with Crippen molar-refractivity contribution in [3.8, 4) is 0 Å². The van der Waals surface area contributed by atoms with Crippen molar-refractivity contribution in [1.29, 1.82) is 0 Å². The van der Waals surface area contributed by atoms with E-state index >= 15 is 0 Å². The summed E-state index contributed by atoms with van der Waals surface area (Å²) in [6, 6.07) is 0. The highest BCUT2D eigenvalue weighted by Crippen LogP contribution is 2.19. The highest BCUT2D eigenvalue weighted by molar-refractivity contribution is 6.23.